The van der Waals surface area contributed by atoms with Gasteiger partial charge in [0, 0.05) is 37.7 Å². The number of ether oxygens (including phenoxy) is 1. The highest BCUT2D eigenvalue weighted by Gasteiger charge is 2.61. The third kappa shape index (κ3) is 6.56. The zero-order valence-electron chi connectivity index (χ0n) is 23.8. The Labute approximate surface area is 251 Å². The molecule has 3 aromatic rings. The molecule has 1 saturated heterocycles. The van der Waals surface area contributed by atoms with Gasteiger partial charge in [-0.2, -0.15) is 0 Å². The Hall–Kier alpha value is -4.64. The highest BCUT2D eigenvalue weighted by Crippen LogP contribution is 2.45. The van der Waals surface area contributed by atoms with Gasteiger partial charge < -0.3 is 19.9 Å². The lowest BCUT2D eigenvalue weighted by atomic mass is 10.1. The van der Waals surface area contributed by atoms with Crippen LogP contribution in [0.4, 0.5) is 5.69 Å². The summed E-state index contributed by atoms with van der Waals surface area (Å²) >= 11 is 0. The van der Waals surface area contributed by atoms with E-state index in [-0.39, 0.29) is 30.4 Å². The van der Waals surface area contributed by atoms with E-state index in [9.17, 15) is 22.8 Å². The first kappa shape index (κ1) is 29.8. The Morgan fingerprint density at radius 2 is 1.70 bits per heavy atom. The normalized spacial score (nSPS) is 21.4. The standard InChI is InChI=1S/C32H34N4O6S/c1-3-25-20-32(25,33-30(38)29-21-35(23(2)37)17-18-36(29)26-13-8-5-9-14-26)31(39)34-43(40,41)28-16-10-15-27(19-28)42-22-24-11-6-4-7-12-24/h3-16,19,25,29H,1,17-18,20-22H2,2H3,(H,33,38)(H,34,39)/t25-,29?,32-/m1/s1. The number of hydrogen-bond donors (Lipinski definition) is 2. The van der Waals surface area contributed by atoms with E-state index >= 15 is 0 Å². The molecule has 1 saturated carbocycles. The van der Waals surface area contributed by atoms with Crippen molar-refractivity contribution in [1.29, 1.82) is 0 Å². The monoisotopic (exact) mass is 602 g/mol. The number of nitrogens with zero attached hydrogens (tertiary/aromatic N) is 2. The molecule has 224 valence electrons. The predicted molar refractivity (Wildman–Crippen MR) is 162 cm³/mol. The van der Waals surface area contributed by atoms with Crippen LogP contribution in [-0.4, -0.2) is 62.3 Å². The molecule has 0 bridgehead atoms. The smallest absolute Gasteiger partial charge is 0.264 e. The number of benzene rings is 3. The molecule has 0 spiro atoms. The third-order valence-electron chi connectivity index (χ3n) is 7.86. The molecule has 3 aromatic carbocycles. The van der Waals surface area contributed by atoms with Crippen molar-refractivity contribution in [3.05, 3.63) is 103 Å². The number of anilines is 1. The third-order valence-corrected chi connectivity index (χ3v) is 9.19. The van der Waals surface area contributed by atoms with Crippen molar-refractivity contribution in [2.24, 2.45) is 5.92 Å². The van der Waals surface area contributed by atoms with Gasteiger partial charge in [0.2, 0.25) is 11.8 Å². The molecule has 43 heavy (non-hydrogen) atoms. The van der Waals surface area contributed by atoms with E-state index in [0.717, 1.165) is 11.3 Å². The lowest BCUT2D eigenvalue weighted by Gasteiger charge is -2.42. The maximum absolute atomic E-state index is 13.8. The highest BCUT2D eigenvalue weighted by molar-refractivity contribution is 7.90. The van der Waals surface area contributed by atoms with Gasteiger partial charge in [-0.05, 0) is 36.2 Å². The first-order valence-electron chi connectivity index (χ1n) is 14.0. The van der Waals surface area contributed by atoms with Crippen LogP contribution in [0, 0.1) is 5.92 Å². The Kier molecular flexibility index (Phi) is 8.54. The summed E-state index contributed by atoms with van der Waals surface area (Å²) in [5.74, 6) is -1.64. The summed E-state index contributed by atoms with van der Waals surface area (Å²) in [6.45, 7) is 6.45. The van der Waals surface area contributed by atoms with Crippen molar-refractivity contribution in [2.45, 2.75) is 36.4 Å². The lowest BCUT2D eigenvalue weighted by Crippen LogP contribution is -2.63. The van der Waals surface area contributed by atoms with Crippen molar-refractivity contribution in [2.75, 3.05) is 24.5 Å². The number of carbonyl (C=O) groups is 3. The van der Waals surface area contributed by atoms with E-state index in [1.54, 1.807) is 11.0 Å². The molecule has 2 N–H and O–H groups in total. The van der Waals surface area contributed by atoms with Gasteiger partial charge in [-0.3, -0.25) is 14.4 Å². The minimum absolute atomic E-state index is 0.126. The molecule has 3 atom stereocenters. The topological polar surface area (TPSA) is 125 Å². The van der Waals surface area contributed by atoms with E-state index in [4.69, 9.17) is 4.74 Å². The maximum atomic E-state index is 13.8. The first-order chi connectivity index (χ1) is 20.6. The Morgan fingerprint density at radius 3 is 2.35 bits per heavy atom. The summed E-state index contributed by atoms with van der Waals surface area (Å²) in [6, 6.07) is 23.9. The summed E-state index contributed by atoms with van der Waals surface area (Å²) in [6.07, 6.45) is 1.72. The van der Waals surface area contributed by atoms with E-state index in [0.29, 0.717) is 18.8 Å². The Morgan fingerprint density at radius 1 is 1.00 bits per heavy atom. The fourth-order valence-electron chi connectivity index (χ4n) is 5.30. The molecule has 2 aliphatic rings. The summed E-state index contributed by atoms with van der Waals surface area (Å²) in [5, 5.41) is 2.83. The number of hydrogen-bond acceptors (Lipinski definition) is 7. The number of amides is 3. The van der Waals surface area contributed by atoms with Gasteiger partial charge in [0.25, 0.3) is 15.9 Å². The molecular formula is C32H34N4O6S. The summed E-state index contributed by atoms with van der Waals surface area (Å²) in [4.78, 5) is 42.8. The fraction of sp³-hybridized carbons (Fsp3) is 0.281. The Balaban J connectivity index is 1.32. The molecule has 5 rings (SSSR count). The second-order valence-electron chi connectivity index (χ2n) is 10.7. The van der Waals surface area contributed by atoms with Crippen LogP contribution in [0.15, 0.2) is 102 Å². The van der Waals surface area contributed by atoms with E-state index < -0.39 is 39.3 Å². The zero-order valence-corrected chi connectivity index (χ0v) is 24.6. The average Bonchev–Trinajstić information content (AvgIpc) is 3.74. The first-order valence-corrected chi connectivity index (χ1v) is 15.5. The molecule has 10 nitrogen and oxygen atoms in total. The number of nitrogens with one attached hydrogen (secondary N) is 2. The van der Waals surface area contributed by atoms with Crippen LogP contribution in [0.1, 0.15) is 18.9 Å². The van der Waals surface area contributed by atoms with Gasteiger partial charge in [-0.1, -0.05) is 60.7 Å². The van der Waals surface area contributed by atoms with Gasteiger partial charge in [0.15, 0.2) is 0 Å². The van der Waals surface area contributed by atoms with Crippen LogP contribution in [0.5, 0.6) is 5.75 Å². The second-order valence-corrected chi connectivity index (χ2v) is 12.4. The summed E-state index contributed by atoms with van der Waals surface area (Å²) in [7, 11) is -4.30. The quantitative estimate of drug-likeness (QED) is 0.342. The van der Waals surface area contributed by atoms with Crippen LogP contribution >= 0.6 is 0 Å². The molecule has 3 amide bonds. The van der Waals surface area contributed by atoms with Crippen LogP contribution in [-0.2, 0) is 31.0 Å². The Bertz CT molecular complexity index is 1620. The van der Waals surface area contributed by atoms with Crippen molar-refractivity contribution in [3.63, 3.8) is 0 Å². The van der Waals surface area contributed by atoms with Crippen molar-refractivity contribution < 1.29 is 27.5 Å². The molecule has 0 aromatic heterocycles. The maximum Gasteiger partial charge on any atom is 0.264 e. The van der Waals surface area contributed by atoms with Crippen molar-refractivity contribution >= 4 is 33.4 Å². The minimum Gasteiger partial charge on any atom is -0.489 e. The molecule has 2 fully saturated rings. The molecule has 11 heteroatoms. The summed E-state index contributed by atoms with van der Waals surface area (Å²) < 4.78 is 34.5. The van der Waals surface area contributed by atoms with Crippen LogP contribution in [0.25, 0.3) is 0 Å². The van der Waals surface area contributed by atoms with E-state index in [2.05, 4.69) is 16.6 Å². The molecule has 1 heterocycles. The number of para-hydroxylation sites is 1. The SMILES string of the molecule is C=C[C@@H]1C[C@]1(NC(=O)C1CN(C(C)=O)CCN1c1ccccc1)C(=O)NS(=O)(=O)c1cccc(OCc2ccccc2)c1. The number of rotatable bonds is 10. The molecule has 1 aliphatic heterocycles. The summed E-state index contributed by atoms with van der Waals surface area (Å²) in [5.41, 5.74) is 0.229. The highest BCUT2D eigenvalue weighted by atomic mass is 32.2. The largest absolute Gasteiger partial charge is 0.489 e. The van der Waals surface area contributed by atoms with Crippen molar-refractivity contribution in [1.82, 2.24) is 14.9 Å². The second kappa shape index (κ2) is 12.3. The molecule has 1 aliphatic carbocycles. The van der Waals surface area contributed by atoms with Gasteiger partial charge in [-0.15, -0.1) is 6.58 Å². The molecule has 0 radical (unpaired) electrons. The average molecular weight is 603 g/mol. The fourth-order valence-corrected chi connectivity index (χ4v) is 6.38. The van der Waals surface area contributed by atoms with Gasteiger partial charge in [0.1, 0.15) is 23.9 Å². The van der Waals surface area contributed by atoms with Gasteiger partial charge in [0.05, 0.1) is 11.4 Å². The van der Waals surface area contributed by atoms with Crippen molar-refractivity contribution in [3.8, 4) is 5.75 Å². The number of carbonyl (C=O) groups excluding carboxylic acids is 3. The number of piperazine rings is 1. The lowest BCUT2D eigenvalue weighted by molar-refractivity contribution is -0.133. The van der Waals surface area contributed by atoms with E-state index in [1.807, 2.05) is 65.6 Å². The van der Waals surface area contributed by atoms with Crippen LogP contribution < -0.4 is 19.7 Å². The van der Waals surface area contributed by atoms with Crippen LogP contribution in [0.3, 0.4) is 0 Å². The molecular weight excluding hydrogens is 568 g/mol. The minimum atomic E-state index is -4.30. The molecule has 1 unspecified atom stereocenters. The van der Waals surface area contributed by atoms with Gasteiger partial charge in [-0.25, -0.2) is 13.1 Å². The van der Waals surface area contributed by atoms with Gasteiger partial charge >= 0.3 is 0 Å². The predicted octanol–water partition coefficient (Wildman–Crippen LogP) is 2.87. The van der Waals surface area contributed by atoms with Crippen LogP contribution in [0.2, 0.25) is 0 Å². The zero-order chi connectivity index (χ0) is 30.6. The van der Waals surface area contributed by atoms with E-state index in [1.165, 1.54) is 31.2 Å². The number of sulfonamides is 1.